The van der Waals surface area contributed by atoms with Gasteiger partial charge in [-0.1, -0.05) is 0 Å². The molecular formula is C10H21NO4. The largest absolute Gasteiger partial charge is 0.481 e. The molecular weight excluding hydrogens is 198 g/mol. The average Bonchev–Trinajstić information content (AvgIpc) is 2.14. The van der Waals surface area contributed by atoms with Gasteiger partial charge in [-0.05, 0) is 19.9 Å². The Bertz CT molecular complexity index is 182. The van der Waals surface area contributed by atoms with Crippen molar-refractivity contribution in [2.24, 2.45) is 0 Å². The summed E-state index contributed by atoms with van der Waals surface area (Å²) in [6.45, 7) is 3.31. The van der Waals surface area contributed by atoms with Gasteiger partial charge in [-0.3, -0.25) is 4.79 Å². The normalized spacial score (nSPS) is 14.9. The first kappa shape index (κ1) is 14.3. The van der Waals surface area contributed by atoms with Crippen molar-refractivity contribution in [3.05, 3.63) is 0 Å². The molecule has 0 heterocycles. The van der Waals surface area contributed by atoms with Crippen LogP contribution in [0.15, 0.2) is 0 Å². The van der Waals surface area contributed by atoms with Crippen LogP contribution in [0.5, 0.6) is 0 Å². The Kier molecular flexibility index (Phi) is 7.29. The zero-order valence-corrected chi connectivity index (χ0v) is 9.45. The quantitative estimate of drug-likeness (QED) is 0.484. The van der Waals surface area contributed by atoms with Crippen LogP contribution in [0.4, 0.5) is 0 Å². The summed E-state index contributed by atoms with van der Waals surface area (Å²) in [5, 5.41) is 21.2. The fourth-order valence-electron chi connectivity index (χ4n) is 1.13. The van der Waals surface area contributed by atoms with Crippen LogP contribution in [0.25, 0.3) is 0 Å². The van der Waals surface area contributed by atoms with Gasteiger partial charge < -0.3 is 20.3 Å². The summed E-state index contributed by atoms with van der Waals surface area (Å²) in [4.78, 5) is 10.2. The monoisotopic (exact) mass is 219 g/mol. The van der Waals surface area contributed by atoms with E-state index in [0.29, 0.717) is 32.5 Å². The van der Waals surface area contributed by atoms with E-state index in [1.54, 1.807) is 14.0 Å². The van der Waals surface area contributed by atoms with Crippen LogP contribution in [0.1, 0.15) is 26.2 Å². The number of carbonyl (C=O) groups is 1. The number of ether oxygens (including phenoxy) is 1. The first-order valence-electron chi connectivity index (χ1n) is 5.12. The second kappa shape index (κ2) is 7.62. The Morgan fingerprint density at radius 1 is 1.53 bits per heavy atom. The number of carboxylic acid groups (broad SMARTS) is 1. The molecule has 0 radical (unpaired) electrons. The lowest BCUT2D eigenvalue weighted by Gasteiger charge is -2.23. The van der Waals surface area contributed by atoms with Crippen molar-refractivity contribution >= 4 is 5.97 Å². The van der Waals surface area contributed by atoms with E-state index in [4.69, 9.17) is 9.84 Å². The number of rotatable bonds is 9. The molecule has 0 spiro atoms. The predicted octanol–water partition coefficient (Wildman–Crippen LogP) is 0.228. The molecule has 0 aliphatic rings. The van der Waals surface area contributed by atoms with Gasteiger partial charge >= 0.3 is 5.97 Å². The van der Waals surface area contributed by atoms with Crippen LogP contribution in [0.3, 0.4) is 0 Å². The second-order valence-corrected chi connectivity index (χ2v) is 3.91. The summed E-state index contributed by atoms with van der Waals surface area (Å²) in [6.07, 6.45) is 1.30. The highest BCUT2D eigenvalue weighted by Crippen LogP contribution is 2.07. The molecule has 1 unspecified atom stereocenters. The van der Waals surface area contributed by atoms with Crippen LogP contribution >= 0.6 is 0 Å². The smallest absolute Gasteiger partial charge is 0.303 e. The maximum atomic E-state index is 10.2. The molecule has 5 heteroatoms. The van der Waals surface area contributed by atoms with E-state index in [0.717, 1.165) is 0 Å². The molecule has 0 bridgehead atoms. The standard InChI is InChI=1S/C10H21NO4/c1-10(14,5-7-15-2)8-11-6-3-4-9(12)13/h11,14H,3-8H2,1-2H3,(H,12,13). The molecule has 90 valence electrons. The maximum Gasteiger partial charge on any atom is 0.303 e. The van der Waals surface area contributed by atoms with Gasteiger partial charge in [0.15, 0.2) is 0 Å². The number of hydrogen-bond donors (Lipinski definition) is 3. The number of nitrogens with one attached hydrogen (secondary N) is 1. The van der Waals surface area contributed by atoms with Gasteiger partial charge in [0.05, 0.1) is 5.60 Å². The van der Waals surface area contributed by atoms with Gasteiger partial charge in [0, 0.05) is 33.1 Å². The highest BCUT2D eigenvalue weighted by Gasteiger charge is 2.18. The highest BCUT2D eigenvalue weighted by atomic mass is 16.5. The van der Waals surface area contributed by atoms with Crippen molar-refractivity contribution in [1.82, 2.24) is 5.32 Å². The first-order valence-corrected chi connectivity index (χ1v) is 5.12. The van der Waals surface area contributed by atoms with E-state index in [-0.39, 0.29) is 6.42 Å². The summed E-state index contributed by atoms with van der Waals surface area (Å²) < 4.78 is 4.87. The van der Waals surface area contributed by atoms with Gasteiger partial charge in [-0.15, -0.1) is 0 Å². The van der Waals surface area contributed by atoms with Gasteiger partial charge in [0.1, 0.15) is 0 Å². The first-order chi connectivity index (χ1) is 6.98. The summed E-state index contributed by atoms with van der Waals surface area (Å²) in [5.41, 5.74) is -0.792. The molecule has 1 atom stereocenters. The number of hydrogen-bond acceptors (Lipinski definition) is 4. The lowest BCUT2D eigenvalue weighted by molar-refractivity contribution is -0.137. The number of aliphatic carboxylic acids is 1. The van der Waals surface area contributed by atoms with Crippen molar-refractivity contribution in [2.45, 2.75) is 31.8 Å². The lowest BCUT2D eigenvalue weighted by Crippen LogP contribution is -2.39. The zero-order chi connectivity index (χ0) is 11.7. The molecule has 3 N–H and O–H groups in total. The molecule has 0 fully saturated rings. The van der Waals surface area contributed by atoms with Gasteiger partial charge in [-0.2, -0.15) is 0 Å². The molecule has 5 nitrogen and oxygen atoms in total. The van der Waals surface area contributed by atoms with E-state index in [2.05, 4.69) is 5.32 Å². The molecule has 0 aromatic rings. The molecule has 0 amide bonds. The van der Waals surface area contributed by atoms with Crippen molar-refractivity contribution in [1.29, 1.82) is 0 Å². The lowest BCUT2D eigenvalue weighted by atomic mass is 10.0. The maximum absolute atomic E-state index is 10.2. The third kappa shape index (κ3) is 9.65. The van der Waals surface area contributed by atoms with E-state index in [9.17, 15) is 9.90 Å². The highest BCUT2D eigenvalue weighted by molar-refractivity contribution is 5.66. The van der Waals surface area contributed by atoms with Crippen LogP contribution in [-0.4, -0.2) is 48.6 Å². The minimum atomic E-state index is -0.792. The fraction of sp³-hybridized carbons (Fsp3) is 0.900. The molecule has 0 aromatic heterocycles. The van der Waals surface area contributed by atoms with Gasteiger partial charge in [-0.25, -0.2) is 0 Å². The van der Waals surface area contributed by atoms with Crippen molar-refractivity contribution in [3.63, 3.8) is 0 Å². The fourth-order valence-corrected chi connectivity index (χ4v) is 1.13. The van der Waals surface area contributed by atoms with Crippen LogP contribution in [0, 0.1) is 0 Å². The number of aliphatic hydroxyl groups is 1. The average molecular weight is 219 g/mol. The summed E-state index contributed by atoms with van der Waals surface area (Å²) in [7, 11) is 1.59. The Balaban J connectivity index is 3.43. The Morgan fingerprint density at radius 3 is 2.73 bits per heavy atom. The third-order valence-corrected chi connectivity index (χ3v) is 2.09. The van der Waals surface area contributed by atoms with Crippen LogP contribution in [0.2, 0.25) is 0 Å². The van der Waals surface area contributed by atoms with E-state index >= 15 is 0 Å². The minimum Gasteiger partial charge on any atom is -0.481 e. The SMILES string of the molecule is COCCC(C)(O)CNCCCC(=O)O. The van der Waals surface area contributed by atoms with Crippen molar-refractivity contribution in [3.8, 4) is 0 Å². The summed E-state index contributed by atoms with van der Waals surface area (Å²) in [6, 6.07) is 0. The van der Waals surface area contributed by atoms with E-state index in [1.165, 1.54) is 0 Å². The topological polar surface area (TPSA) is 78.8 Å². The molecule has 0 aromatic carbocycles. The molecule has 0 aliphatic heterocycles. The van der Waals surface area contributed by atoms with Gasteiger partial charge in [0.25, 0.3) is 0 Å². The third-order valence-electron chi connectivity index (χ3n) is 2.09. The summed E-state index contributed by atoms with van der Waals surface area (Å²) in [5.74, 6) is -0.789. The van der Waals surface area contributed by atoms with Crippen LogP contribution in [-0.2, 0) is 9.53 Å². The second-order valence-electron chi connectivity index (χ2n) is 3.91. The van der Waals surface area contributed by atoms with Crippen molar-refractivity contribution in [2.75, 3.05) is 26.8 Å². The van der Waals surface area contributed by atoms with Gasteiger partial charge in [0.2, 0.25) is 0 Å². The number of methoxy groups -OCH3 is 1. The molecule has 0 saturated heterocycles. The molecule has 0 aliphatic carbocycles. The Morgan fingerprint density at radius 2 is 2.20 bits per heavy atom. The zero-order valence-electron chi connectivity index (χ0n) is 9.45. The molecule has 0 rings (SSSR count). The van der Waals surface area contributed by atoms with Crippen LogP contribution < -0.4 is 5.32 Å². The Labute approximate surface area is 90.4 Å². The van der Waals surface area contributed by atoms with E-state index < -0.39 is 11.6 Å². The number of carboxylic acids is 1. The molecule has 15 heavy (non-hydrogen) atoms. The predicted molar refractivity (Wildman–Crippen MR) is 56.9 cm³/mol. The molecule has 0 saturated carbocycles. The Hall–Kier alpha value is -0.650. The van der Waals surface area contributed by atoms with Crippen molar-refractivity contribution < 1.29 is 19.7 Å². The summed E-state index contributed by atoms with van der Waals surface area (Å²) >= 11 is 0. The van der Waals surface area contributed by atoms with E-state index in [1.807, 2.05) is 0 Å². The minimum absolute atomic E-state index is 0.160.